The van der Waals surface area contributed by atoms with Crippen molar-refractivity contribution in [2.75, 3.05) is 36.0 Å². The van der Waals surface area contributed by atoms with E-state index in [-0.39, 0.29) is 5.78 Å². The summed E-state index contributed by atoms with van der Waals surface area (Å²) < 4.78 is 2.00. The highest BCUT2D eigenvalue weighted by Crippen LogP contribution is 2.31. The minimum absolute atomic E-state index is 0.104. The van der Waals surface area contributed by atoms with Crippen LogP contribution >= 0.6 is 0 Å². The van der Waals surface area contributed by atoms with Gasteiger partial charge in [-0.2, -0.15) is 9.50 Å². The van der Waals surface area contributed by atoms with Crippen molar-refractivity contribution in [3.05, 3.63) is 82.3 Å². The Morgan fingerprint density at radius 3 is 2.28 bits per heavy atom. The molecular weight excluding hydrogens is 448 g/mol. The van der Waals surface area contributed by atoms with Crippen molar-refractivity contribution in [2.45, 2.75) is 46.0 Å². The number of carbonyl (C=O) groups excluding carboxylic acids is 1. The standard InChI is InChI=1S/C29H32N6O/c1-20-7-9-22(10-8-20)19-27-31-29-30-26-6-4-3-5-25(26)28(35(29)32-27)34-17-15-33(16-18-34)24-13-11-23(12-14-24)21(2)36/h7-14H,3-6,15-19H2,1-2H3. The van der Waals surface area contributed by atoms with Gasteiger partial charge in [0.2, 0.25) is 0 Å². The molecule has 1 aliphatic heterocycles. The van der Waals surface area contributed by atoms with Crippen molar-refractivity contribution in [3.63, 3.8) is 0 Å². The van der Waals surface area contributed by atoms with E-state index in [9.17, 15) is 4.79 Å². The smallest absolute Gasteiger partial charge is 0.254 e. The summed E-state index contributed by atoms with van der Waals surface area (Å²) in [6.45, 7) is 7.38. The molecule has 0 unspecified atom stereocenters. The highest BCUT2D eigenvalue weighted by molar-refractivity contribution is 5.94. The molecule has 184 valence electrons. The number of fused-ring (bicyclic) bond motifs is 2. The Morgan fingerprint density at radius 2 is 1.56 bits per heavy atom. The second-order valence-electron chi connectivity index (χ2n) is 10.0. The Labute approximate surface area is 211 Å². The molecule has 2 aliphatic rings. The Hall–Kier alpha value is -3.74. The molecular formula is C29H32N6O. The first-order chi connectivity index (χ1) is 17.5. The number of ketones is 1. The van der Waals surface area contributed by atoms with Crippen LogP contribution in [-0.4, -0.2) is 51.5 Å². The number of nitrogens with zero attached hydrogens (tertiary/aromatic N) is 6. The SMILES string of the molecule is CC(=O)c1ccc(N2CCN(c3c4c(nc5nc(Cc6ccc(C)cc6)nn35)CCCC4)CC2)cc1. The summed E-state index contributed by atoms with van der Waals surface area (Å²) in [4.78, 5) is 26.3. The number of carbonyl (C=O) groups is 1. The van der Waals surface area contributed by atoms with Crippen LogP contribution in [0.1, 0.15) is 58.3 Å². The summed E-state index contributed by atoms with van der Waals surface area (Å²) in [5.74, 6) is 2.82. The van der Waals surface area contributed by atoms with E-state index in [4.69, 9.17) is 15.1 Å². The first-order valence-corrected chi connectivity index (χ1v) is 13.0. The van der Waals surface area contributed by atoms with Crippen LogP contribution in [-0.2, 0) is 19.3 Å². The van der Waals surface area contributed by atoms with Crippen molar-refractivity contribution < 1.29 is 4.79 Å². The molecule has 2 aromatic heterocycles. The molecule has 0 bridgehead atoms. The summed E-state index contributed by atoms with van der Waals surface area (Å²) >= 11 is 0. The molecule has 0 saturated carbocycles. The van der Waals surface area contributed by atoms with Gasteiger partial charge in [-0.25, -0.2) is 4.98 Å². The van der Waals surface area contributed by atoms with Gasteiger partial charge in [0, 0.05) is 49.4 Å². The lowest BCUT2D eigenvalue weighted by molar-refractivity contribution is 0.101. The van der Waals surface area contributed by atoms with Crippen LogP contribution in [0.3, 0.4) is 0 Å². The van der Waals surface area contributed by atoms with Gasteiger partial charge in [0.05, 0.1) is 5.69 Å². The fourth-order valence-corrected chi connectivity index (χ4v) is 5.43. The van der Waals surface area contributed by atoms with Gasteiger partial charge in [0.15, 0.2) is 11.6 Å². The van der Waals surface area contributed by atoms with Crippen molar-refractivity contribution in [1.29, 1.82) is 0 Å². The molecule has 0 N–H and O–H groups in total. The number of aryl methyl sites for hydroxylation is 2. The number of benzene rings is 2. The van der Waals surface area contributed by atoms with Crippen molar-refractivity contribution in [2.24, 2.45) is 0 Å². The van der Waals surface area contributed by atoms with Crippen molar-refractivity contribution in [1.82, 2.24) is 19.6 Å². The fourth-order valence-electron chi connectivity index (χ4n) is 5.43. The zero-order valence-electron chi connectivity index (χ0n) is 21.1. The summed E-state index contributed by atoms with van der Waals surface area (Å²) in [5, 5.41) is 4.97. The van der Waals surface area contributed by atoms with E-state index < -0.39 is 0 Å². The molecule has 7 nitrogen and oxygen atoms in total. The van der Waals surface area contributed by atoms with Crippen LogP contribution in [0, 0.1) is 6.92 Å². The van der Waals surface area contributed by atoms with Crippen LogP contribution in [0.25, 0.3) is 5.78 Å². The van der Waals surface area contributed by atoms with E-state index in [1.54, 1.807) is 6.92 Å². The van der Waals surface area contributed by atoms with Gasteiger partial charge in [-0.05, 0) is 69.4 Å². The predicted octanol–water partition coefficient (Wildman–Crippen LogP) is 4.43. The molecule has 1 aliphatic carbocycles. The third-order valence-electron chi connectivity index (χ3n) is 7.48. The lowest BCUT2D eigenvalue weighted by Gasteiger charge is -2.38. The Balaban J connectivity index is 1.29. The third-order valence-corrected chi connectivity index (χ3v) is 7.48. The van der Waals surface area contributed by atoms with Gasteiger partial charge >= 0.3 is 0 Å². The van der Waals surface area contributed by atoms with Gasteiger partial charge < -0.3 is 9.80 Å². The van der Waals surface area contributed by atoms with Gasteiger partial charge in [-0.15, -0.1) is 5.10 Å². The Bertz CT molecular complexity index is 1400. The molecule has 0 radical (unpaired) electrons. The first-order valence-electron chi connectivity index (χ1n) is 13.0. The number of aromatic nitrogens is 4. The number of rotatable bonds is 5. The van der Waals surface area contributed by atoms with E-state index in [0.29, 0.717) is 6.42 Å². The molecule has 0 amide bonds. The van der Waals surface area contributed by atoms with Gasteiger partial charge in [-0.1, -0.05) is 29.8 Å². The van der Waals surface area contributed by atoms with Gasteiger partial charge in [0.25, 0.3) is 5.78 Å². The molecule has 7 heteroatoms. The lowest BCUT2D eigenvalue weighted by atomic mass is 9.96. The second-order valence-corrected chi connectivity index (χ2v) is 10.0. The number of anilines is 2. The summed E-state index contributed by atoms with van der Waals surface area (Å²) in [6, 6.07) is 16.6. The number of Topliss-reactive ketones (excluding diaryl/α,β-unsaturated/α-hetero) is 1. The first kappa shape index (κ1) is 22.7. The quantitative estimate of drug-likeness (QED) is 0.394. The minimum atomic E-state index is 0.104. The summed E-state index contributed by atoms with van der Waals surface area (Å²) in [7, 11) is 0. The van der Waals surface area contributed by atoms with E-state index in [2.05, 4.69) is 53.1 Å². The van der Waals surface area contributed by atoms with E-state index in [0.717, 1.165) is 56.2 Å². The van der Waals surface area contributed by atoms with Crippen LogP contribution in [0.4, 0.5) is 11.5 Å². The highest BCUT2D eigenvalue weighted by Gasteiger charge is 2.27. The number of piperazine rings is 1. The maximum atomic E-state index is 11.6. The average Bonchev–Trinajstić information content (AvgIpc) is 3.30. The maximum absolute atomic E-state index is 11.6. The highest BCUT2D eigenvalue weighted by atomic mass is 16.1. The third kappa shape index (κ3) is 4.34. The number of hydrogen-bond donors (Lipinski definition) is 0. The summed E-state index contributed by atoms with van der Waals surface area (Å²) in [6.07, 6.45) is 5.15. The molecule has 2 aromatic carbocycles. The lowest BCUT2D eigenvalue weighted by Crippen LogP contribution is -2.47. The van der Waals surface area contributed by atoms with Crippen LogP contribution < -0.4 is 9.80 Å². The average molecular weight is 481 g/mol. The van der Waals surface area contributed by atoms with Crippen LogP contribution in [0.2, 0.25) is 0 Å². The summed E-state index contributed by atoms with van der Waals surface area (Å²) in [5.41, 5.74) is 6.94. The molecule has 0 spiro atoms. The zero-order valence-corrected chi connectivity index (χ0v) is 21.1. The monoisotopic (exact) mass is 480 g/mol. The zero-order chi connectivity index (χ0) is 24.6. The van der Waals surface area contributed by atoms with Gasteiger partial charge in [0.1, 0.15) is 5.82 Å². The molecule has 36 heavy (non-hydrogen) atoms. The van der Waals surface area contributed by atoms with Crippen LogP contribution in [0.15, 0.2) is 48.5 Å². The minimum Gasteiger partial charge on any atom is -0.368 e. The second kappa shape index (κ2) is 9.37. The van der Waals surface area contributed by atoms with E-state index in [1.165, 1.54) is 46.7 Å². The predicted molar refractivity (Wildman–Crippen MR) is 142 cm³/mol. The topological polar surface area (TPSA) is 66.6 Å². The molecule has 0 atom stereocenters. The molecule has 3 heterocycles. The molecule has 4 aromatic rings. The van der Waals surface area contributed by atoms with Crippen molar-refractivity contribution in [3.8, 4) is 0 Å². The van der Waals surface area contributed by atoms with Crippen LogP contribution in [0.5, 0.6) is 0 Å². The largest absolute Gasteiger partial charge is 0.368 e. The van der Waals surface area contributed by atoms with E-state index in [1.807, 2.05) is 16.6 Å². The molecule has 1 saturated heterocycles. The van der Waals surface area contributed by atoms with Crippen molar-refractivity contribution >= 4 is 23.1 Å². The molecule has 6 rings (SSSR count). The number of hydrogen-bond acceptors (Lipinski definition) is 6. The van der Waals surface area contributed by atoms with E-state index >= 15 is 0 Å². The Morgan fingerprint density at radius 1 is 0.861 bits per heavy atom. The normalized spacial score (nSPS) is 15.8. The Kier molecular flexibility index (Phi) is 5.91. The maximum Gasteiger partial charge on any atom is 0.254 e. The molecule has 1 fully saturated rings. The van der Waals surface area contributed by atoms with Gasteiger partial charge in [-0.3, -0.25) is 4.79 Å². The fraction of sp³-hybridized carbons (Fsp3) is 0.379.